The zero-order chi connectivity index (χ0) is 38.2. The average Bonchev–Trinajstić information content (AvgIpc) is 3.59. The Hall–Kier alpha value is -7.63. The van der Waals surface area contributed by atoms with E-state index in [2.05, 4.69) is 169 Å². The van der Waals surface area contributed by atoms with Crippen molar-refractivity contribution in [1.29, 1.82) is 0 Å². The predicted molar refractivity (Wildman–Crippen MR) is 234 cm³/mol. The third-order valence-electron chi connectivity index (χ3n) is 12.0. The van der Waals surface area contributed by atoms with Gasteiger partial charge in [0.1, 0.15) is 23.5 Å². The molecular weight excluding hydrogens is 709 g/mol. The lowest BCUT2D eigenvalue weighted by Gasteiger charge is -2.40. The molecule has 0 saturated heterocycles. The second kappa shape index (κ2) is 12.7. The summed E-state index contributed by atoms with van der Waals surface area (Å²) in [6.45, 7) is 0. The third kappa shape index (κ3) is 4.80. The fourth-order valence-electron chi connectivity index (χ4n) is 9.52. The summed E-state index contributed by atoms with van der Waals surface area (Å²) >= 11 is 0. The maximum absolute atomic E-state index is 6.94. The molecule has 58 heavy (non-hydrogen) atoms. The summed E-state index contributed by atoms with van der Waals surface area (Å²) in [7, 11) is 0. The number of para-hydroxylation sites is 1. The van der Waals surface area contributed by atoms with E-state index >= 15 is 0 Å². The highest BCUT2D eigenvalue weighted by Crippen LogP contribution is 2.62. The van der Waals surface area contributed by atoms with Gasteiger partial charge in [0, 0.05) is 45.0 Å². The van der Waals surface area contributed by atoms with E-state index in [0.717, 1.165) is 72.6 Å². The molecule has 5 nitrogen and oxygen atoms in total. The summed E-state index contributed by atoms with van der Waals surface area (Å²) in [6, 6.07) is 66.6. The van der Waals surface area contributed by atoms with Crippen LogP contribution in [0.15, 0.2) is 204 Å². The van der Waals surface area contributed by atoms with Crippen LogP contribution in [0.5, 0.6) is 11.5 Å². The summed E-state index contributed by atoms with van der Waals surface area (Å²) in [6.07, 6.45) is 1.51. The molecule has 3 aliphatic rings. The van der Waals surface area contributed by atoms with E-state index in [1.807, 2.05) is 30.5 Å². The van der Waals surface area contributed by atoms with E-state index in [1.165, 1.54) is 27.6 Å². The van der Waals surface area contributed by atoms with Crippen LogP contribution in [0, 0.1) is 0 Å². The molecule has 1 spiro atoms. The highest BCUT2D eigenvalue weighted by molar-refractivity contribution is 6.13. The minimum atomic E-state index is -0.686. The van der Waals surface area contributed by atoms with Crippen molar-refractivity contribution in [3.8, 4) is 33.8 Å². The number of rotatable bonds is 4. The minimum absolute atomic E-state index is 0.361. The molecule has 0 fully saturated rings. The first-order chi connectivity index (χ1) is 28.7. The summed E-state index contributed by atoms with van der Waals surface area (Å²) in [5, 5.41) is 7.13. The fourth-order valence-corrected chi connectivity index (χ4v) is 9.52. The molecule has 1 atom stereocenters. The topological polar surface area (TPSA) is 58.9 Å². The van der Waals surface area contributed by atoms with Crippen LogP contribution in [0.1, 0.15) is 45.1 Å². The van der Waals surface area contributed by atoms with Crippen LogP contribution in [0.3, 0.4) is 0 Å². The van der Waals surface area contributed by atoms with Gasteiger partial charge < -0.3 is 10.1 Å². The molecule has 1 aromatic heterocycles. The maximum Gasteiger partial charge on any atom is 0.159 e. The number of ether oxygens (including phenoxy) is 1. The molecule has 5 heteroatoms. The number of hydrogen-bond donors (Lipinski definition) is 1. The molecule has 1 N–H and O–H groups in total. The Balaban J connectivity index is 1.11. The largest absolute Gasteiger partial charge is 0.457 e. The van der Waals surface area contributed by atoms with Crippen LogP contribution in [-0.2, 0) is 5.41 Å². The number of aromatic nitrogens is 1. The van der Waals surface area contributed by atoms with Crippen LogP contribution in [0.25, 0.3) is 43.9 Å². The van der Waals surface area contributed by atoms with Gasteiger partial charge in [-0.15, -0.1) is 0 Å². The number of fused-ring (bicyclic) bond motifs is 11. The molecule has 1 unspecified atom stereocenters. The molecule has 12 rings (SSSR count). The Labute approximate surface area is 335 Å². The number of hydrogen-bond acceptors (Lipinski definition) is 5. The molecule has 0 bridgehead atoms. The van der Waals surface area contributed by atoms with Crippen molar-refractivity contribution in [2.45, 2.75) is 11.6 Å². The van der Waals surface area contributed by atoms with Gasteiger partial charge in [-0.3, -0.25) is 4.98 Å². The lowest BCUT2D eigenvalue weighted by molar-refractivity contribution is 0.436. The third-order valence-corrected chi connectivity index (χ3v) is 12.0. The first kappa shape index (κ1) is 32.6. The van der Waals surface area contributed by atoms with Gasteiger partial charge in [0.05, 0.1) is 10.9 Å². The summed E-state index contributed by atoms with van der Waals surface area (Å²) in [5.74, 6) is 3.09. The molecule has 2 aliphatic heterocycles. The van der Waals surface area contributed by atoms with Crippen molar-refractivity contribution in [1.82, 2.24) is 10.3 Å². The summed E-state index contributed by atoms with van der Waals surface area (Å²) in [5.41, 5.74) is 12.5. The van der Waals surface area contributed by atoms with Gasteiger partial charge in [-0.1, -0.05) is 152 Å². The maximum atomic E-state index is 6.94. The van der Waals surface area contributed by atoms with E-state index in [-0.39, 0.29) is 6.17 Å². The average molecular weight is 743 g/mol. The number of aliphatic imine (C=N–C) groups is 2. The lowest BCUT2D eigenvalue weighted by Crippen LogP contribution is -2.34. The second-order valence-corrected chi connectivity index (χ2v) is 15.1. The predicted octanol–water partition coefficient (Wildman–Crippen LogP) is 12.0. The summed E-state index contributed by atoms with van der Waals surface area (Å²) < 4.78 is 6.94. The zero-order valence-corrected chi connectivity index (χ0v) is 31.3. The molecule has 8 aromatic carbocycles. The number of nitrogens with zero attached hydrogens (tertiary/aromatic N) is 3. The molecule has 0 saturated carbocycles. The van der Waals surface area contributed by atoms with Gasteiger partial charge in [-0.05, 0) is 75.0 Å². The molecular formula is C53H34N4O. The van der Waals surface area contributed by atoms with Gasteiger partial charge in [0.25, 0.3) is 0 Å². The Morgan fingerprint density at radius 3 is 1.91 bits per heavy atom. The highest BCUT2D eigenvalue weighted by Gasteiger charge is 2.51. The monoisotopic (exact) mass is 742 g/mol. The normalized spacial score (nSPS) is 15.7. The van der Waals surface area contributed by atoms with Crippen LogP contribution in [0.4, 0.5) is 0 Å². The standard InChI is InChI=1S/C53H34N4O/c1-2-14-35(15-3-1)50-55-51(57-52(56-50)42-23-10-16-33-13-4-5-19-38(33)42)37-27-29-48-46(32-37)53(43-24-8-6-20-40(43)41-21-7-9-25-44(41)53)45-31-36(26-28-47(45)58-48)39-22-11-17-34-18-12-30-54-49(34)39/h1-32,52H,(H,55,56,57). The Kier molecular flexibility index (Phi) is 7.14. The lowest BCUT2D eigenvalue weighted by atomic mass is 9.65. The molecule has 272 valence electrons. The number of nitrogens with one attached hydrogen (secondary N) is 1. The molecule has 3 heterocycles. The Morgan fingerprint density at radius 1 is 0.483 bits per heavy atom. The van der Waals surface area contributed by atoms with Gasteiger partial charge in [0.2, 0.25) is 0 Å². The van der Waals surface area contributed by atoms with Crippen molar-refractivity contribution < 1.29 is 4.74 Å². The number of amidine groups is 2. The fraction of sp³-hybridized carbons (Fsp3) is 0.0377. The second-order valence-electron chi connectivity index (χ2n) is 15.1. The van der Waals surface area contributed by atoms with E-state index in [1.54, 1.807) is 0 Å². The van der Waals surface area contributed by atoms with Gasteiger partial charge in [-0.2, -0.15) is 0 Å². The van der Waals surface area contributed by atoms with Crippen molar-refractivity contribution in [3.05, 3.63) is 233 Å². The number of benzene rings is 8. The van der Waals surface area contributed by atoms with Crippen molar-refractivity contribution in [2.75, 3.05) is 0 Å². The SMILES string of the molecule is c1ccc(C2=NC(c3ccc4c(c3)C3(c5cc(-c6cccc7cccnc67)ccc5O4)c4ccccc4-c4ccccc43)=NC(c3cccc4ccccc34)N2)cc1. The van der Waals surface area contributed by atoms with Crippen molar-refractivity contribution >= 4 is 33.3 Å². The first-order valence-corrected chi connectivity index (χ1v) is 19.7. The number of pyridine rings is 1. The van der Waals surface area contributed by atoms with E-state index in [9.17, 15) is 0 Å². The quantitative estimate of drug-likeness (QED) is 0.195. The van der Waals surface area contributed by atoms with Crippen LogP contribution < -0.4 is 10.1 Å². The molecule has 0 radical (unpaired) electrons. The van der Waals surface area contributed by atoms with Crippen LogP contribution in [0.2, 0.25) is 0 Å². The first-order valence-electron chi connectivity index (χ1n) is 19.7. The Bertz CT molecular complexity index is 3150. The molecule has 9 aromatic rings. The van der Waals surface area contributed by atoms with E-state index < -0.39 is 5.41 Å². The van der Waals surface area contributed by atoms with E-state index in [4.69, 9.17) is 19.7 Å². The highest BCUT2D eigenvalue weighted by atomic mass is 16.5. The Morgan fingerprint density at radius 2 is 1.10 bits per heavy atom. The van der Waals surface area contributed by atoms with Gasteiger partial charge >= 0.3 is 0 Å². The van der Waals surface area contributed by atoms with Crippen LogP contribution in [-0.4, -0.2) is 16.7 Å². The van der Waals surface area contributed by atoms with Crippen molar-refractivity contribution in [3.63, 3.8) is 0 Å². The van der Waals surface area contributed by atoms with Crippen molar-refractivity contribution in [2.24, 2.45) is 9.98 Å². The molecule has 1 aliphatic carbocycles. The van der Waals surface area contributed by atoms with Gasteiger partial charge in [0.15, 0.2) is 5.84 Å². The zero-order valence-electron chi connectivity index (χ0n) is 31.3. The van der Waals surface area contributed by atoms with E-state index in [0.29, 0.717) is 5.84 Å². The smallest absolute Gasteiger partial charge is 0.159 e. The minimum Gasteiger partial charge on any atom is -0.457 e. The van der Waals surface area contributed by atoms with Crippen LogP contribution >= 0.6 is 0 Å². The van der Waals surface area contributed by atoms with Gasteiger partial charge in [-0.25, -0.2) is 9.98 Å². The molecule has 0 amide bonds. The summed E-state index contributed by atoms with van der Waals surface area (Å²) in [4.78, 5) is 15.5.